The molecule has 0 bridgehead atoms. The van der Waals surface area contributed by atoms with E-state index in [-0.39, 0.29) is 6.54 Å². The minimum Gasteiger partial charge on any atom is -0.387 e. The smallest absolute Gasteiger partial charge is 0.242 e. The van der Waals surface area contributed by atoms with Crippen LogP contribution >= 0.6 is 11.3 Å². The lowest BCUT2D eigenvalue weighted by atomic mass is 10.1. The highest BCUT2D eigenvalue weighted by atomic mass is 32.2. The molecule has 0 unspecified atom stereocenters. The summed E-state index contributed by atoms with van der Waals surface area (Å²) in [6.45, 7) is 3.77. The summed E-state index contributed by atoms with van der Waals surface area (Å²) in [4.78, 5) is 2.88. The third kappa shape index (κ3) is 3.85. The molecule has 1 aromatic carbocycles. The van der Waals surface area contributed by atoms with Crippen molar-refractivity contribution in [2.45, 2.75) is 24.3 Å². The Kier molecular flexibility index (Phi) is 4.93. The molecule has 1 atom stereocenters. The number of aliphatic hydroxyl groups is 1. The zero-order valence-corrected chi connectivity index (χ0v) is 14.9. The van der Waals surface area contributed by atoms with Gasteiger partial charge in [-0.25, -0.2) is 13.1 Å². The van der Waals surface area contributed by atoms with Crippen LogP contribution in [0, 0.1) is 6.92 Å². The molecule has 1 aromatic heterocycles. The van der Waals surface area contributed by atoms with E-state index >= 15 is 0 Å². The normalized spacial score (nSPS) is 15.4. The van der Waals surface area contributed by atoms with Crippen LogP contribution in [-0.2, 0) is 10.0 Å². The molecule has 22 heavy (non-hydrogen) atoms. The number of thiophene rings is 1. The fraction of sp³-hybridized carbons (Fsp3) is 0.467. The maximum Gasteiger partial charge on any atom is 0.242 e. The van der Waals surface area contributed by atoms with E-state index in [2.05, 4.69) is 4.72 Å². The van der Waals surface area contributed by atoms with Gasteiger partial charge in [-0.1, -0.05) is 18.2 Å². The molecule has 0 radical (unpaired) electrons. The Balaban J connectivity index is 2.28. The van der Waals surface area contributed by atoms with Gasteiger partial charge in [0, 0.05) is 28.1 Å². The monoisotopic (exact) mass is 342 g/mol. The molecule has 0 amide bonds. The van der Waals surface area contributed by atoms with Gasteiger partial charge >= 0.3 is 0 Å². The van der Waals surface area contributed by atoms with Crippen LogP contribution in [0.15, 0.2) is 29.2 Å². The summed E-state index contributed by atoms with van der Waals surface area (Å²) in [6, 6.07) is 7.44. The molecule has 122 valence electrons. The molecule has 5 nitrogen and oxygen atoms in total. The lowest BCUT2D eigenvalue weighted by Gasteiger charge is -2.27. The first-order valence-corrected chi connectivity index (χ1v) is 9.27. The SMILES string of the molecule is Cc1sc2ccccc2c1S(=O)(=O)NC[C@](C)(O)CN(C)C. The van der Waals surface area contributed by atoms with Crippen molar-refractivity contribution < 1.29 is 13.5 Å². The summed E-state index contributed by atoms with van der Waals surface area (Å²) < 4.78 is 28.7. The molecular weight excluding hydrogens is 320 g/mol. The van der Waals surface area contributed by atoms with Crippen LogP contribution in [0.4, 0.5) is 0 Å². The Hall–Kier alpha value is -0.990. The number of likely N-dealkylation sites (N-methyl/N-ethyl adjacent to an activating group) is 1. The van der Waals surface area contributed by atoms with Gasteiger partial charge < -0.3 is 10.0 Å². The standard InChI is InChI=1S/C15H22N2O3S2/c1-11-14(12-7-5-6-8-13(12)21-11)22(19,20)16-9-15(2,18)10-17(3)4/h5-8,16,18H,9-10H2,1-4H3/t15-/m0/s1. The van der Waals surface area contributed by atoms with Gasteiger partial charge in [-0.3, -0.25) is 0 Å². The van der Waals surface area contributed by atoms with Gasteiger partial charge in [-0.15, -0.1) is 11.3 Å². The molecule has 0 aliphatic heterocycles. The Morgan fingerprint density at radius 1 is 1.32 bits per heavy atom. The molecule has 7 heteroatoms. The zero-order valence-electron chi connectivity index (χ0n) is 13.3. The number of hydrogen-bond donors (Lipinski definition) is 2. The van der Waals surface area contributed by atoms with Gasteiger partial charge in [-0.05, 0) is 34.0 Å². The minimum absolute atomic E-state index is 0.0306. The molecule has 0 fully saturated rings. The third-order valence-corrected chi connectivity index (χ3v) is 6.09. The van der Waals surface area contributed by atoms with Crippen molar-refractivity contribution in [1.29, 1.82) is 0 Å². The fourth-order valence-corrected chi connectivity index (χ4v) is 5.51. The average molecular weight is 342 g/mol. The first kappa shape index (κ1) is 17.4. The molecule has 0 aliphatic rings. The number of nitrogens with zero attached hydrogens (tertiary/aromatic N) is 1. The molecule has 2 rings (SSSR count). The molecule has 1 heterocycles. The van der Waals surface area contributed by atoms with Crippen LogP contribution in [0.25, 0.3) is 10.1 Å². The van der Waals surface area contributed by atoms with Crippen LogP contribution in [-0.4, -0.2) is 51.2 Å². The van der Waals surface area contributed by atoms with Gasteiger partial charge in [0.15, 0.2) is 0 Å². The van der Waals surface area contributed by atoms with E-state index in [0.717, 1.165) is 15.0 Å². The summed E-state index contributed by atoms with van der Waals surface area (Å²) in [5.74, 6) is 0. The molecule has 0 saturated carbocycles. The van der Waals surface area contributed by atoms with Crippen molar-refractivity contribution >= 4 is 31.4 Å². The predicted molar refractivity (Wildman–Crippen MR) is 90.9 cm³/mol. The Morgan fingerprint density at radius 3 is 2.59 bits per heavy atom. The molecule has 2 N–H and O–H groups in total. The lowest BCUT2D eigenvalue weighted by Crippen LogP contribution is -2.47. The van der Waals surface area contributed by atoms with Gasteiger partial charge in [0.25, 0.3) is 0 Å². The maximum absolute atomic E-state index is 12.6. The quantitative estimate of drug-likeness (QED) is 0.840. The summed E-state index contributed by atoms with van der Waals surface area (Å²) in [5.41, 5.74) is -1.13. The van der Waals surface area contributed by atoms with E-state index in [1.165, 1.54) is 11.3 Å². The predicted octanol–water partition coefficient (Wildman–Crippen LogP) is 1.80. The summed E-state index contributed by atoms with van der Waals surface area (Å²) in [5, 5.41) is 11.0. The second-order valence-corrected chi connectivity index (χ2v) is 9.00. The molecule has 0 saturated heterocycles. The van der Waals surface area contributed by atoms with Crippen molar-refractivity contribution in [2.75, 3.05) is 27.2 Å². The van der Waals surface area contributed by atoms with Crippen molar-refractivity contribution in [1.82, 2.24) is 9.62 Å². The van der Waals surface area contributed by atoms with Crippen LogP contribution in [0.1, 0.15) is 11.8 Å². The number of fused-ring (bicyclic) bond motifs is 1. The second-order valence-electron chi connectivity index (χ2n) is 6.04. The minimum atomic E-state index is -3.66. The third-order valence-electron chi connectivity index (χ3n) is 3.28. The summed E-state index contributed by atoms with van der Waals surface area (Å²) in [7, 11) is 0.00438. The van der Waals surface area contributed by atoms with Gasteiger partial charge in [0.2, 0.25) is 10.0 Å². The molecule has 2 aromatic rings. The zero-order chi connectivity index (χ0) is 16.5. The van der Waals surface area contributed by atoms with Crippen molar-refractivity contribution in [3.8, 4) is 0 Å². The Morgan fingerprint density at radius 2 is 1.95 bits per heavy atom. The second kappa shape index (κ2) is 6.25. The van der Waals surface area contributed by atoms with E-state index < -0.39 is 15.6 Å². The van der Waals surface area contributed by atoms with Crippen LogP contribution in [0.3, 0.4) is 0 Å². The van der Waals surface area contributed by atoms with Crippen LogP contribution in [0.5, 0.6) is 0 Å². The number of sulfonamides is 1. The average Bonchev–Trinajstić information content (AvgIpc) is 2.71. The number of benzene rings is 1. The first-order chi connectivity index (χ1) is 10.1. The maximum atomic E-state index is 12.6. The van der Waals surface area contributed by atoms with Crippen LogP contribution < -0.4 is 4.72 Å². The largest absolute Gasteiger partial charge is 0.387 e. The van der Waals surface area contributed by atoms with Gasteiger partial charge in [0.05, 0.1) is 5.60 Å². The number of nitrogens with one attached hydrogen (secondary N) is 1. The highest BCUT2D eigenvalue weighted by Crippen LogP contribution is 2.33. The first-order valence-electron chi connectivity index (χ1n) is 6.97. The van der Waals surface area contributed by atoms with E-state index in [9.17, 15) is 13.5 Å². The lowest BCUT2D eigenvalue weighted by molar-refractivity contribution is 0.0386. The molecular formula is C15H22N2O3S2. The fourth-order valence-electron chi connectivity index (χ4n) is 2.54. The summed E-state index contributed by atoms with van der Waals surface area (Å²) in [6.07, 6.45) is 0. The number of aryl methyl sites for hydroxylation is 1. The van der Waals surface area contributed by atoms with Crippen molar-refractivity contribution in [3.63, 3.8) is 0 Å². The van der Waals surface area contributed by atoms with Crippen molar-refractivity contribution in [3.05, 3.63) is 29.1 Å². The summed E-state index contributed by atoms with van der Waals surface area (Å²) >= 11 is 1.46. The topological polar surface area (TPSA) is 69.6 Å². The van der Waals surface area contributed by atoms with Gasteiger partial charge in [0.1, 0.15) is 4.90 Å². The van der Waals surface area contributed by atoms with E-state index in [1.807, 2.05) is 43.3 Å². The Bertz CT molecular complexity index is 764. The molecule has 0 aliphatic carbocycles. The highest BCUT2D eigenvalue weighted by molar-refractivity contribution is 7.90. The van der Waals surface area contributed by atoms with Crippen LogP contribution in [0.2, 0.25) is 0 Å². The molecule has 0 spiro atoms. The van der Waals surface area contributed by atoms with Gasteiger partial charge in [-0.2, -0.15) is 0 Å². The number of rotatable bonds is 6. The highest BCUT2D eigenvalue weighted by Gasteiger charge is 2.27. The van der Waals surface area contributed by atoms with Crippen molar-refractivity contribution in [2.24, 2.45) is 0 Å². The number of hydrogen-bond acceptors (Lipinski definition) is 5. The van der Waals surface area contributed by atoms with E-state index in [1.54, 1.807) is 13.8 Å². The Labute approximate surface area is 135 Å². The van der Waals surface area contributed by atoms with E-state index in [4.69, 9.17) is 0 Å². The van der Waals surface area contributed by atoms with E-state index in [0.29, 0.717) is 11.4 Å².